The van der Waals surface area contributed by atoms with Crippen LogP contribution in [0.1, 0.15) is 45.4 Å². The summed E-state index contributed by atoms with van der Waals surface area (Å²) in [5.74, 6) is 0. The predicted octanol–water partition coefficient (Wildman–Crippen LogP) is 4.36. The van der Waals surface area contributed by atoms with Crippen LogP contribution in [0.25, 0.3) is 0 Å². The number of hydrogen-bond donors (Lipinski definition) is 0. The fourth-order valence-electron chi connectivity index (χ4n) is 1.71. The summed E-state index contributed by atoms with van der Waals surface area (Å²) in [6, 6.07) is 0. The number of hydrogen-bond acceptors (Lipinski definition) is 0. The molecule has 0 unspecified atom stereocenters. The van der Waals surface area contributed by atoms with Crippen LogP contribution in [0.2, 0.25) is 0 Å². The van der Waals surface area contributed by atoms with Gasteiger partial charge in [0.15, 0.2) is 0 Å². The van der Waals surface area contributed by atoms with Gasteiger partial charge in [0.2, 0.25) is 6.33 Å². The Hall–Kier alpha value is 0.370. The lowest BCUT2D eigenvalue weighted by atomic mass is 10.1. The molecule has 0 aliphatic rings. The summed E-state index contributed by atoms with van der Waals surface area (Å²) >= 11 is 0. The third kappa shape index (κ3) is 12.8. The molecular weight excluding hydrogens is 314 g/mol. The molecule has 1 aromatic heterocycles. The maximum Gasteiger partial charge on any atom is 0.243 e. The van der Waals surface area contributed by atoms with Crippen molar-refractivity contribution in [2.75, 3.05) is 0 Å². The smallest absolute Gasteiger partial charge is 0.240 e. The molecule has 0 saturated heterocycles. The Kier molecular flexibility index (Phi) is 25.9. The Bertz CT molecular complexity index is 254. The van der Waals surface area contributed by atoms with Crippen LogP contribution < -0.4 is 4.57 Å². The fraction of sp³-hybridized carbons (Fsp3) is 0.750. The molecule has 0 amide bonds. The fourth-order valence-corrected chi connectivity index (χ4v) is 1.71. The second kappa shape index (κ2) is 17.4. The van der Waals surface area contributed by atoms with E-state index in [2.05, 4.69) is 41.8 Å². The van der Waals surface area contributed by atoms with Gasteiger partial charge in [-0.25, -0.2) is 9.13 Å². The lowest BCUT2D eigenvalue weighted by Gasteiger charge is -1.98. The van der Waals surface area contributed by atoms with Crippen molar-refractivity contribution in [3.8, 4) is 0 Å². The molecule has 0 aliphatic heterocycles. The third-order valence-electron chi connectivity index (χ3n) is 2.59. The molecule has 1 rings (SSSR count). The summed E-state index contributed by atoms with van der Waals surface area (Å²) < 4.78 is 4.36. The first-order chi connectivity index (χ1) is 6.83. The molecule has 0 aromatic carbocycles. The van der Waals surface area contributed by atoms with Crippen molar-refractivity contribution in [2.24, 2.45) is 7.05 Å². The first-order valence-electron chi connectivity index (χ1n) is 5.84. The topological polar surface area (TPSA) is 8.81 Å². The van der Waals surface area contributed by atoms with Gasteiger partial charge in [0, 0.05) is 0 Å². The molecule has 112 valence electrons. The maximum atomic E-state index is 2.26. The Morgan fingerprint density at radius 3 is 1.94 bits per heavy atom. The van der Waals surface area contributed by atoms with Crippen molar-refractivity contribution < 1.29 is 4.57 Å². The first-order valence-corrected chi connectivity index (χ1v) is 5.84. The van der Waals surface area contributed by atoms with Crippen molar-refractivity contribution >= 4 is 49.6 Å². The average Bonchev–Trinajstić information content (AvgIpc) is 2.58. The van der Waals surface area contributed by atoms with E-state index >= 15 is 0 Å². The highest BCUT2D eigenvalue weighted by Crippen LogP contribution is 2.05. The van der Waals surface area contributed by atoms with Gasteiger partial charge in [-0.2, -0.15) is 0 Å². The van der Waals surface area contributed by atoms with E-state index in [9.17, 15) is 0 Å². The van der Waals surface area contributed by atoms with Gasteiger partial charge in [-0.15, -0.1) is 49.6 Å². The van der Waals surface area contributed by atoms with Crippen LogP contribution in [0.4, 0.5) is 0 Å². The molecule has 0 atom stereocenters. The van der Waals surface area contributed by atoms with Crippen molar-refractivity contribution in [2.45, 2.75) is 52.0 Å². The molecule has 0 aliphatic carbocycles. The van der Waals surface area contributed by atoms with E-state index in [1.165, 1.54) is 45.1 Å². The zero-order valence-electron chi connectivity index (χ0n) is 11.2. The number of rotatable bonds is 7. The van der Waals surface area contributed by atoms with Crippen molar-refractivity contribution in [3.63, 3.8) is 0 Å². The molecule has 0 spiro atoms. The summed E-state index contributed by atoms with van der Waals surface area (Å²) in [6.07, 6.45) is 14.6. The molecule has 0 saturated carbocycles. The molecule has 0 bridgehead atoms. The van der Waals surface area contributed by atoms with Gasteiger partial charge >= 0.3 is 0 Å². The van der Waals surface area contributed by atoms with E-state index in [1.807, 2.05) is 0 Å². The molecule has 0 N–H and O–H groups in total. The molecule has 6 heteroatoms. The summed E-state index contributed by atoms with van der Waals surface area (Å²) in [5, 5.41) is 0. The minimum Gasteiger partial charge on any atom is -0.240 e. The second-order valence-electron chi connectivity index (χ2n) is 4.08. The highest BCUT2D eigenvalue weighted by molar-refractivity contribution is 5.86. The van der Waals surface area contributed by atoms with E-state index < -0.39 is 0 Å². The number of nitrogens with zero attached hydrogens (tertiary/aromatic N) is 2. The quantitative estimate of drug-likeness (QED) is 0.515. The van der Waals surface area contributed by atoms with Crippen LogP contribution in [0.3, 0.4) is 0 Å². The van der Waals surface area contributed by atoms with E-state index in [1.54, 1.807) is 0 Å². The second-order valence-corrected chi connectivity index (χ2v) is 4.08. The van der Waals surface area contributed by atoms with Crippen LogP contribution in [0.15, 0.2) is 18.7 Å². The Morgan fingerprint density at radius 2 is 1.44 bits per heavy atom. The SMILES string of the molecule is CCCCCCCCn1cc[n+](C)c1.Cl.Cl.Cl.Cl. The third-order valence-corrected chi connectivity index (χ3v) is 2.59. The lowest BCUT2D eigenvalue weighted by Crippen LogP contribution is -2.23. The monoisotopic (exact) mass is 339 g/mol. The van der Waals surface area contributed by atoms with Gasteiger partial charge in [0.1, 0.15) is 12.4 Å². The van der Waals surface area contributed by atoms with Gasteiger partial charge in [-0.1, -0.05) is 32.6 Å². The van der Waals surface area contributed by atoms with Gasteiger partial charge in [0.05, 0.1) is 13.6 Å². The van der Waals surface area contributed by atoms with E-state index in [0.717, 1.165) is 0 Å². The maximum absolute atomic E-state index is 2.26. The Morgan fingerprint density at radius 1 is 0.889 bits per heavy atom. The highest BCUT2D eigenvalue weighted by atomic mass is 35.5. The van der Waals surface area contributed by atoms with Crippen molar-refractivity contribution in [1.82, 2.24) is 4.57 Å². The minimum atomic E-state index is 0. The van der Waals surface area contributed by atoms with E-state index in [0.29, 0.717) is 0 Å². The summed E-state index contributed by atoms with van der Waals surface area (Å²) in [5.41, 5.74) is 0. The zero-order chi connectivity index (χ0) is 10.2. The number of unbranched alkanes of at least 4 members (excludes halogenated alkanes) is 5. The van der Waals surface area contributed by atoms with Crippen LogP contribution in [-0.2, 0) is 13.6 Å². The van der Waals surface area contributed by atoms with Gasteiger partial charge in [-0.05, 0) is 12.8 Å². The Balaban J connectivity index is -0.000000245. The van der Waals surface area contributed by atoms with Gasteiger partial charge < -0.3 is 0 Å². The minimum absolute atomic E-state index is 0. The predicted molar refractivity (Wildman–Crippen MR) is 88.0 cm³/mol. The van der Waals surface area contributed by atoms with Crippen LogP contribution >= 0.6 is 49.6 Å². The normalized spacial score (nSPS) is 8.33. The van der Waals surface area contributed by atoms with Crippen molar-refractivity contribution in [3.05, 3.63) is 18.7 Å². The molecular formula is C12H27Cl4N2+. The van der Waals surface area contributed by atoms with Crippen molar-refractivity contribution in [1.29, 1.82) is 0 Å². The number of imidazole rings is 1. The number of halogens is 4. The molecule has 0 fully saturated rings. The molecule has 1 aromatic rings. The molecule has 1 heterocycles. The van der Waals surface area contributed by atoms with Crippen LogP contribution in [0.5, 0.6) is 0 Å². The van der Waals surface area contributed by atoms with Gasteiger partial charge in [0.25, 0.3) is 0 Å². The molecule has 18 heavy (non-hydrogen) atoms. The first kappa shape index (κ1) is 26.8. The highest BCUT2D eigenvalue weighted by Gasteiger charge is 1.98. The standard InChI is InChI=1S/C12H23N2.4ClH/c1-3-4-5-6-7-8-9-14-11-10-13(2)12-14;;;;/h10-12H,3-9H2,1-2H3;4*1H/q+1;;;;. The lowest BCUT2D eigenvalue weighted by molar-refractivity contribution is -0.671. The average molecular weight is 341 g/mol. The summed E-state index contributed by atoms with van der Waals surface area (Å²) in [7, 11) is 2.07. The van der Waals surface area contributed by atoms with Crippen LogP contribution in [0, 0.1) is 0 Å². The van der Waals surface area contributed by atoms with Crippen LogP contribution in [-0.4, -0.2) is 4.57 Å². The largest absolute Gasteiger partial charge is 0.243 e. The van der Waals surface area contributed by atoms with Gasteiger partial charge in [-0.3, -0.25) is 0 Å². The Labute approximate surface area is 136 Å². The molecule has 0 radical (unpaired) electrons. The number of aromatic nitrogens is 2. The molecule has 2 nitrogen and oxygen atoms in total. The summed E-state index contributed by atoms with van der Waals surface area (Å²) in [4.78, 5) is 0. The van der Waals surface area contributed by atoms with E-state index in [-0.39, 0.29) is 49.6 Å². The van der Waals surface area contributed by atoms with E-state index in [4.69, 9.17) is 0 Å². The zero-order valence-corrected chi connectivity index (χ0v) is 14.5. The number of aryl methyl sites for hydroxylation is 2. The summed E-state index contributed by atoms with van der Waals surface area (Å²) in [6.45, 7) is 3.44.